The van der Waals surface area contributed by atoms with E-state index in [2.05, 4.69) is 15.3 Å². The zero-order valence-electron chi connectivity index (χ0n) is 11.9. The number of phenolic OH excluding ortho intramolecular Hbond substituents is 1. The minimum Gasteiger partial charge on any atom is -0.508 e. The number of anilines is 1. The van der Waals surface area contributed by atoms with E-state index in [-0.39, 0.29) is 11.7 Å². The topological polar surface area (TPSA) is 77.6 Å². The monoisotopic (exact) mass is 294 g/mol. The van der Waals surface area contributed by atoms with Crippen molar-refractivity contribution in [2.75, 3.05) is 5.01 Å². The number of hydrogen-bond acceptors (Lipinski definition) is 5. The van der Waals surface area contributed by atoms with E-state index in [1.54, 1.807) is 25.1 Å². The fourth-order valence-corrected chi connectivity index (χ4v) is 2.12. The van der Waals surface area contributed by atoms with Crippen molar-refractivity contribution in [2.24, 2.45) is 15.3 Å². The zero-order valence-corrected chi connectivity index (χ0v) is 11.9. The normalized spacial score (nSPS) is 18.0. The summed E-state index contributed by atoms with van der Waals surface area (Å²) in [5.41, 5.74) is 1.76. The molecule has 1 N–H and O–H groups in total. The number of carbonyl (C=O) groups is 1. The van der Waals surface area contributed by atoms with Crippen LogP contribution < -0.4 is 5.01 Å². The lowest BCUT2D eigenvalue weighted by Crippen LogP contribution is -2.29. The van der Waals surface area contributed by atoms with Crippen molar-refractivity contribution >= 4 is 23.0 Å². The molecule has 1 heterocycles. The van der Waals surface area contributed by atoms with Crippen LogP contribution in [0, 0.1) is 0 Å². The molecule has 6 nitrogen and oxygen atoms in total. The molecular weight excluding hydrogens is 280 g/mol. The van der Waals surface area contributed by atoms with E-state index in [4.69, 9.17) is 0 Å². The van der Waals surface area contributed by atoms with Gasteiger partial charge in [0, 0.05) is 6.07 Å². The van der Waals surface area contributed by atoms with Crippen LogP contribution in [0.1, 0.15) is 6.92 Å². The molecule has 6 heteroatoms. The quantitative estimate of drug-likeness (QED) is 0.882. The molecule has 22 heavy (non-hydrogen) atoms. The van der Waals surface area contributed by atoms with Crippen LogP contribution in [0.25, 0.3) is 0 Å². The molecule has 0 aliphatic carbocycles. The first-order chi connectivity index (χ1) is 10.6. The largest absolute Gasteiger partial charge is 0.508 e. The molecule has 110 valence electrons. The van der Waals surface area contributed by atoms with Gasteiger partial charge in [-0.05, 0) is 31.2 Å². The number of carbonyl (C=O) groups excluding carboxylic acids is 1. The van der Waals surface area contributed by atoms with Crippen LogP contribution in [0.3, 0.4) is 0 Å². The van der Waals surface area contributed by atoms with Gasteiger partial charge in [0.05, 0.1) is 17.1 Å². The van der Waals surface area contributed by atoms with Crippen molar-refractivity contribution in [1.82, 2.24) is 0 Å². The van der Waals surface area contributed by atoms with E-state index in [1.807, 2.05) is 30.3 Å². The second-order valence-corrected chi connectivity index (χ2v) is 4.86. The van der Waals surface area contributed by atoms with Gasteiger partial charge in [-0.15, -0.1) is 0 Å². The van der Waals surface area contributed by atoms with Gasteiger partial charge in [0.1, 0.15) is 5.75 Å². The number of hydrazone groups is 1. The first-order valence-corrected chi connectivity index (χ1v) is 6.79. The van der Waals surface area contributed by atoms with Crippen LogP contribution >= 0.6 is 0 Å². The number of azo groups is 1. The number of para-hydroxylation sites is 1. The molecule has 2 aromatic rings. The molecule has 0 saturated heterocycles. The number of benzene rings is 2. The second-order valence-electron chi connectivity index (χ2n) is 4.86. The van der Waals surface area contributed by atoms with E-state index in [9.17, 15) is 9.90 Å². The molecule has 1 atom stereocenters. The van der Waals surface area contributed by atoms with Crippen LogP contribution in [0.5, 0.6) is 5.75 Å². The van der Waals surface area contributed by atoms with Crippen LogP contribution in [-0.2, 0) is 4.79 Å². The van der Waals surface area contributed by atoms with Crippen LogP contribution in [0.4, 0.5) is 11.4 Å². The summed E-state index contributed by atoms with van der Waals surface area (Å²) in [6.45, 7) is 1.74. The molecule has 0 saturated carbocycles. The van der Waals surface area contributed by atoms with Crippen molar-refractivity contribution in [3.05, 3.63) is 54.6 Å². The number of phenols is 1. The van der Waals surface area contributed by atoms with Gasteiger partial charge in [0.2, 0.25) is 0 Å². The minimum atomic E-state index is -0.734. The van der Waals surface area contributed by atoms with Crippen LogP contribution in [0.2, 0.25) is 0 Å². The average molecular weight is 294 g/mol. The molecule has 1 aliphatic rings. The highest BCUT2D eigenvalue weighted by atomic mass is 16.3. The molecule has 0 radical (unpaired) electrons. The number of hydrogen-bond donors (Lipinski definition) is 1. The third kappa shape index (κ3) is 2.71. The van der Waals surface area contributed by atoms with E-state index in [0.29, 0.717) is 17.1 Å². The molecule has 3 rings (SSSR count). The smallest absolute Gasteiger partial charge is 0.280 e. The number of aromatic hydroxyl groups is 1. The van der Waals surface area contributed by atoms with Crippen molar-refractivity contribution in [1.29, 1.82) is 0 Å². The zero-order chi connectivity index (χ0) is 15.5. The van der Waals surface area contributed by atoms with E-state index in [0.717, 1.165) is 0 Å². The maximum Gasteiger partial charge on any atom is 0.280 e. The maximum atomic E-state index is 12.4. The lowest BCUT2D eigenvalue weighted by molar-refractivity contribution is -0.117. The Morgan fingerprint density at radius 1 is 1.14 bits per heavy atom. The highest BCUT2D eigenvalue weighted by molar-refractivity contribution is 6.18. The van der Waals surface area contributed by atoms with Gasteiger partial charge in [-0.1, -0.05) is 24.3 Å². The SMILES string of the molecule is CC1=NN(c2ccccc2)C(=O)[C@@H]1N=Nc1cccc(O)c1. The van der Waals surface area contributed by atoms with Gasteiger partial charge >= 0.3 is 0 Å². The standard InChI is InChI=1S/C16H14N4O2/c1-11-15(18-17-12-6-5-9-14(21)10-12)16(22)20(19-11)13-7-3-2-4-8-13/h2-10,15,21H,1H3/t15-/m1/s1. The highest BCUT2D eigenvalue weighted by Crippen LogP contribution is 2.24. The summed E-state index contributed by atoms with van der Waals surface area (Å²) in [6, 6.07) is 14.8. The Morgan fingerprint density at radius 3 is 2.64 bits per heavy atom. The van der Waals surface area contributed by atoms with Crippen LogP contribution in [0.15, 0.2) is 69.9 Å². The average Bonchev–Trinajstić information content (AvgIpc) is 2.81. The van der Waals surface area contributed by atoms with Crippen molar-refractivity contribution in [3.63, 3.8) is 0 Å². The van der Waals surface area contributed by atoms with Crippen LogP contribution in [-0.4, -0.2) is 22.8 Å². The summed E-state index contributed by atoms with van der Waals surface area (Å²) in [4.78, 5) is 12.4. The Labute approximate surface area is 127 Å². The number of nitrogens with zero attached hydrogens (tertiary/aromatic N) is 4. The van der Waals surface area contributed by atoms with Crippen molar-refractivity contribution in [2.45, 2.75) is 13.0 Å². The summed E-state index contributed by atoms with van der Waals surface area (Å²) in [5.74, 6) is -0.141. The number of amides is 1. The highest BCUT2D eigenvalue weighted by Gasteiger charge is 2.34. The summed E-state index contributed by atoms with van der Waals surface area (Å²) in [6.07, 6.45) is 0. The fourth-order valence-electron chi connectivity index (χ4n) is 2.12. The summed E-state index contributed by atoms with van der Waals surface area (Å²) < 4.78 is 0. The summed E-state index contributed by atoms with van der Waals surface area (Å²) >= 11 is 0. The molecule has 0 bridgehead atoms. The molecule has 2 aromatic carbocycles. The number of rotatable bonds is 3. The molecule has 0 unspecified atom stereocenters. The molecule has 1 aliphatic heterocycles. The van der Waals surface area contributed by atoms with Gasteiger partial charge in [0.25, 0.3) is 5.91 Å². The Bertz CT molecular complexity index is 756. The fraction of sp³-hybridized carbons (Fsp3) is 0.125. The minimum absolute atomic E-state index is 0.102. The molecule has 0 aromatic heterocycles. The van der Waals surface area contributed by atoms with Gasteiger partial charge < -0.3 is 5.11 Å². The Balaban J connectivity index is 1.82. The predicted molar refractivity (Wildman–Crippen MR) is 83.4 cm³/mol. The van der Waals surface area contributed by atoms with Gasteiger partial charge in [-0.25, -0.2) is 0 Å². The van der Waals surface area contributed by atoms with E-state index in [1.165, 1.54) is 11.1 Å². The molecule has 1 amide bonds. The lowest BCUT2D eigenvalue weighted by Gasteiger charge is -2.11. The van der Waals surface area contributed by atoms with E-state index < -0.39 is 6.04 Å². The summed E-state index contributed by atoms with van der Waals surface area (Å²) in [5, 5.41) is 23.1. The predicted octanol–water partition coefficient (Wildman–Crippen LogP) is 3.27. The van der Waals surface area contributed by atoms with Crippen molar-refractivity contribution < 1.29 is 9.90 Å². The molecule has 0 fully saturated rings. The van der Waals surface area contributed by atoms with E-state index >= 15 is 0 Å². The van der Waals surface area contributed by atoms with Gasteiger partial charge in [0.15, 0.2) is 6.04 Å². The maximum absolute atomic E-state index is 12.4. The van der Waals surface area contributed by atoms with Gasteiger partial charge in [-0.2, -0.15) is 20.3 Å². The second kappa shape index (κ2) is 5.77. The van der Waals surface area contributed by atoms with Crippen molar-refractivity contribution in [3.8, 4) is 5.75 Å². The lowest BCUT2D eigenvalue weighted by atomic mass is 10.2. The third-order valence-corrected chi connectivity index (χ3v) is 3.22. The Hall–Kier alpha value is -3.02. The molecular formula is C16H14N4O2. The first-order valence-electron chi connectivity index (χ1n) is 6.79. The summed E-state index contributed by atoms with van der Waals surface area (Å²) in [7, 11) is 0. The third-order valence-electron chi connectivity index (χ3n) is 3.22. The molecule has 0 spiro atoms. The Morgan fingerprint density at radius 2 is 1.91 bits per heavy atom. The van der Waals surface area contributed by atoms with Gasteiger partial charge in [-0.3, -0.25) is 4.79 Å². The first kappa shape index (κ1) is 13.9. The Kier molecular flexibility index (Phi) is 3.65.